The molecule has 84 valence electrons. The summed E-state index contributed by atoms with van der Waals surface area (Å²) in [6.07, 6.45) is 1.66. The maximum atomic E-state index is 11.5. The molecule has 0 aromatic heterocycles. The van der Waals surface area contributed by atoms with Gasteiger partial charge < -0.3 is 10.2 Å². The lowest BCUT2D eigenvalue weighted by atomic mass is 10.0. The lowest BCUT2D eigenvalue weighted by Crippen LogP contribution is -2.42. The van der Waals surface area contributed by atoms with E-state index >= 15 is 0 Å². The number of nitrogens with zero attached hydrogens (tertiary/aromatic N) is 1. The van der Waals surface area contributed by atoms with Crippen LogP contribution in [0.4, 0.5) is 0 Å². The molecule has 0 amide bonds. The molecule has 1 aliphatic heterocycles. The van der Waals surface area contributed by atoms with Gasteiger partial charge >= 0.3 is 0 Å². The van der Waals surface area contributed by atoms with Gasteiger partial charge in [-0.25, -0.2) is 12.7 Å². The first-order valence-electron chi connectivity index (χ1n) is 4.79. The van der Waals surface area contributed by atoms with E-state index in [9.17, 15) is 8.42 Å². The molecule has 5 nitrogen and oxygen atoms in total. The van der Waals surface area contributed by atoms with E-state index in [1.165, 1.54) is 4.31 Å². The molecule has 1 fully saturated rings. The van der Waals surface area contributed by atoms with Crippen LogP contribution in [0.1, 0.15) is 12.8 Å². The van der Waals surface area contributed by atoms with Gasteiger partial charge in [0.15, 0.2) is 0 Å². The van der Waals surface area contributed by atoms with Crippen LogP contribution in [0.5, 0.6) is 0 Å². The first-order chi connectivity index (χ1) is 6.60. The average molecular weight is 223 g/mol. The summed E-state index contributed by atoms with van der Waals surface area (Å²) in [6, 6.07) is 0. The second kappa shape index (κ2) is 5.06. The number of piperidine rings is 1. The van der Waals surface area contributed by atoms with Crippen molar-refractivity contribution in [1.82, 2.24) is 4.31 Å². The third-order valence-corrected chi connectivity index (χ3v) is 4.30. The third kappa shape index (κ3) is 2.91. The van der Waals surface area contributed by atoms with E-state index in [-0.39, 0.29) is 24.9 Å². The van der Waals surface area contributed by atoms with Crippen molar-refractivity contribution in [2.24, 2.45) is 5.92 Å². The summed E-state index contributed by atoms with van der Waals surface area (Å²) in [5.74, 6) is -0.164. The summed E-state index contributed by atoms with van der Waals surface area (Å²) in [6.45, 7) is 0.589. The van der Waals surface area contributed by atoms with E-state index in [0.29, 0.717) is 13.1 Å². The zero-order valence-corrected chi connectivity index (χ0v) is 8.91. The van der Waals surface area contributed by atoms with Crippen LogP contribution in [0.25, 0.3) is 0 Å². The van der Waals surface area contributed by atoms with Gasteiger partial charge in [0.1, 0.15) is 0 Å². The quantitative estimate of drug-likeness (QED) is 0.641. The molecule has 0 spiro atoms. The fourth-order valence-corrected chi connectivity index (χ4v) is 3.01. The molecule has 0 aromatic carbocycles. The molecule has 0 bridgehead atoms. The normalized spacial score (nSPS) is 25.1. The van der Waals surface area contributed by atoms with Crippen LogP contribution in [0.2, 0.25) is 0 Å². The average Bonchev–Trinajstić information content (AvgIpc) is 2.18. The molecule has 1 aliphatic rings. The van der Waals surface area contributed by atoms with Crippen molar-refractivity contribution >= 4 is 10.0 Å². The Balaban J connectivity index is 2.59. The fourth-order valence-electron chi connectivity index (χ4n) is 1.67. The fraction of sp³-hybridized carbons (Fsp3) is 1.00. The van der Waals surface area contributed by atoms with Crippen molar-refractivity contribution in [3.05, 3.63) is 0 Å². The highest BCUT2D eigenvalue weighted by molar-refractivity contribution is 7.89. The minimum absolute atomic E-state index is 0.0329. The summed E-state index contributed by atoms with van der Waals surface area (Å²) >= 11 is 0. The van der Waals surface area contributed by atoms with Crippen LogP contribution in [0.15, 0.2) is 0 Å². The Kier molecular flexibility index (Phi) is 4.31. The van der Waals surface area contributed by atoms with E-state index in [1.807, 2.05) is 0 Å². The zero-order valence-electron chi connectivity index (χ0n) is 8.09. The summed E-state index contributed by atoms with van der Waals surface area (Å²) in [7, 11) is -3.30. The lowest BCUT2D eigenvalue weighted by Gasteiger charge is -2.30. The lowest BCUT2D eigenvalue weighted by molar-refractivity contribution is 0.165. The second-order valence-electron chi connectivity index (χ2n) is 3.59. The zero-order chi connectivity index (χ0) is 10.6. The van der Waals surface area contributed by atoms with Crippen molar-refractivity contribution in [3.63, 3.8) is 0 Å². The highest BCUT2D eigenvalue weighted by Gasteiger charge is 2.27. The SMILES string of the molecule is O=S(=O)(CCO)N1CCCC(CO)C1. The Bertz CT molecular complexity index is 265. The number of hydrogen-bond acceptors (Lipinski definition) is 4. The molecule has 0 aliphatic carbocycles. The van der Waals surface area contributed by atoms with Gasteiger partial charge in [0, 0.05) is 19.7 Å². The minimum Gasteiger partial charge on any atom is -0.396 e. The number of aliphatic hydroxyl groups is 2. The third-order valence-electron chi connectivity index (χ3n) is 2.48. The molecular formula is C8H17NO4S. The Labute approximate surface area is 84.4 Å². The van der Waals surface area contributed by atoms with E-state index < -0.39 is 10.0 Å². The predicted octanol–water partition coefficient (Wildman–Crippen LogP) is -0.987. The largest absolute Gasteiger partial charge is 0.396 e. The van der Waals surface area contributed by atoms with Gasteiger partial charge in [-0.2, -0.15) is 0 Å². The maximum Gasteiger partial charge on any atom is 0.216 e. The smallest absolute Gasteiger partial charge is 0.216 e. The van der Waals surface area contributed by atoms with Crippen molar-refractivity contribution in [2.45, 2.75) is 12.8 Å². The van der Waals surface area contributed by atoms with Gasteiger partial charge in [0.2, 0.25) is 10.0 Å². The van der Waals surface area contributed by atoms with Crippen molar-refractivity contribution < 1.29 is 18.6 Å². The monoisotopic (exact) mass is 223 g/mol. The number of aliphatic hydroxyl groups excluding tert-OH is 2. The van der Waals surface area contributed by atoms with E-state index in [4.69, 9.17) is 10.2 Å². The number of rotatable bonds is 4. The Morgan fingerprint density at radius 3 is 2.64 bits per heavy atom. The maximum absolute atomic E-state index is 11.5. The first-order valence-corrected chi connectivity index (χ1v) is 6.40. The molecular weight excluding hydrogens is 206 g/mol. The van der Waals surface area contributed by atoms with Gasteiger partial charge in [0.25, 0.3) is 0 Å². The van der Waals surface area contributed by atoms with E-state index in [1.54, 1.807) is 0 Å². The van der Waals surface area contributed by atoms with Crippen LogP contribution in [0, 0.1) is 5.92 Å². The van der Waals surface area contributed by atoms with Crippen LogP contribution in [-0.2, 0) is 10.0 Å². The molecule has 0 radical (unpaired) electrons. The van der Waals surface area contributed by atoms with Crippen LogP contribution in [-0.4, -0.2) is 55.0 Å². The standard InChI is InChI=1S/C8H17NO4S/c10-4-5-14(12,13)9-3-1-2-8(6-9)7-11/h8,10-11H,1-7H2. The highest BCUT2D eigenvalue weighted by Crippen LogP contribution is 2.18. The Hall–Kier alpha value is -0.170. The number of sulfonamides is 1. The van der Waals surface area contributed by atoms with Crippen LogP contribution >= 0.6 is 0 Å². The van der Waals surface area contributed by atoms with Crippen molar-refractivity contribution in [2.75, 3.05) is 32.1 Å². The van der Waals surface area contributed by atoms with Crippen molar-refractivity contribution in [3.8, 4) is 0 Å². The minimum atomic E-state index is -3.30. The Morgan fingerprint density at radius 1 is 1.36 bits per heavy atom. The van der Waals surface area contributed by atoms with Gasteiger partial charge in [-0.1, -0.05) is 0 Å². The highest BCUT2D eigenvalue weighted by atomic mass is 32.2. The molecule has 1 rings (SSSR count). The molecule has 6 heteroatoms. The molecule has 1 saturated heterocycles. The summed E-state index contributed by atoms with van der Waals surface area (Å²) in [5, 5.41) is 17.5. The van der Waals surface area contributed by atoms with Crippen LogP contribution < -0.4 is 0 Å². The summed E-state index contributed by atoms with van der Waals surface area (Å²) in [4.78, 5) is 0. The van der Waals surface area contributed by atoms with Crippen molar-refractivity contribution in [1.29, 1.82) is 0 Å². The molecule has 1 atom stereocenters. The van der Waals surface area contributed by atoms with E-state index in [0.717, 1.165) is 12.8 Å². The van der Waals surface area contributed by atoms with Gasteiger partial charge in [0.05, 0.1) is 12.4 Å². The number of hydrogen-bond donors (Lipinski definition) is 2. The summed E-state index contributed by atoms with van der Waals surface area (Å²) < 4.78 is 24.4. The molecule has 1 heterocycles. The molecule has 0 saturated carbocycles. The molecule has 14 heavy (non-hydrogen) atoms. The van der Waals surface area contributed by atoms with Gasteiger partial charge in [-0.05, 0) is 18.8 Å². The van der Waals surface area contributed by atoms with E-state index in [2.05, 4.69) is 0 Å². The summed E-state index contributed by atoms with van der Waals surface area (Å²) in [5.41, 5.74) is 0. The molecule has 1 unspecified atom stereocenters. The van der Waals surface area contributed by atoms with Gasteiger partial charge in [-0.15, -0.1) is 0 Å². The second-order valence-corrected chi connectivity index (χ2v) is 5.68. The Morgan fingerprint density at radius 2 is 2.07 bits per heavy atom. The molecule has 0 aromatic rings. The van der Waals surface area contributed by atoms with Crippen LogP contribution in [0.3, 0.4) is 0 Å². The first kappa shape index (κ1) is 11.9. The topological polar surface area (TPSA) is 77.8 Å². The predicted molar refractivity (Wildman–Crippen MR) is 52.3 cm³/mol. The molecule has 2 N–H and O–H groups in total. The van der Waals surface area contributed by atoms with Gasteiger partial charge in [-0.3, -0.25) is 0 Å².